The normalized spacial score (nSPS) is 12.3. The van der Waals surface area contributed by atoms with Gasteiger partial charge in [0, 0.05) is 18.6 Å². The van der Waals surface area contributed by atoms with Crippen molar-refractivity contribution in [3.8, 4) is 0 Å². The Morgan fingerprint density at radius 3 is 2.07 bits per heavy atom. The van der Waals surface area contributed by atoms with E-state index in [0.29, 0.717) is 24.0 Å². The van der Waals surface area contributed by atoms with Crippen LogP contribution >= 0.6 is 24.0 Å². The number of hydrogen-bond donors (Lipinski definition) is 0. The van der Waals surface area contributed by atoms with Gasteiger partial charge in [-0.05, 0) is 59.2 Å². The van der Waals surface area contributed by atoms with Gasteiger partial charge in [-0.2, -0.15) is 0 Å². The molecule has 0 rings (SSSR count). The molecule has 5 nitrogen and oxygen atoms in total. The predicted octanol–water partition coefficient (Wildman–Crippen LogP) is 6.22. The summed E-state index contributed by atoms with van der Waals surface area (Å²) < 4.78 is 16.3. The van der Waals surface area contributed by atoms with Gasteiger partial charge in [-0.1, -0.05) is 50.3 Å². The van der Waals surface area contributed by atoms with E-state index in [4.69, 9.17) is 26.4 Å². The minimum atomic E-state index is -0.446. The fourth-order valence-electron chi connectivity index (χ4n) is 2.80. The lowest BCUT2D eigenvalue weighted by Gasteiger charge is -2.21. The summed E-state index contributed by atoms with van der Waals surface area (Å²) in [5.41, 5.74) is -0.446. The van der Waals surface area contributed by atoms with Crippen LogP contribution in [0.25, 0.3) is 0 Å². The summed E-state index contributed by atoms with van der Waals surface area (Å²) >= 11 is 6.85. The van der Waals surface area contributed by atoms with Crippen LogP contribution in [0.2, 0.25) is 0 Å². The van der Waals surface area contributed by atoms with E-state index < -0.39 is 5.60 Å². The highest BCUT2D eigenvalue weighted by Gasteiger charge is 2.19. The number of ether oxygens (including phenoxy) is 3. The third-order valence-corrected chi connectivity index (χ3v) is 5.61. The molecular formula is C22H40O5S2. The fourth-order valence-corrected chi connectivity index (χ4v) is 4.30. The quantitative estimate of drug-likeness (QED) is 0.167. The van der Waals surface area contributed by atoms with Gasteiger partial charge >= 0.3 is 11.9 Å². The Balaban J connectivity index is 4.04. The molecule has 0 fully saturated rings. The van der Waals surface area contributed by atoms with Crippen LogP contribution < -0.4 is 0 Å². The van der Waals surface area contributed by atoms with Crippen LogP contribution in [0.1, 0.15) is 98.8 Å². The number of carbonyl (C=O) groups excluding carboxylic acids is 2. The molecule has 0 saturated heterocycles. The Labute approximate surface area is 187 Å². The third-order valence-electron chi connectivity index (χ3n) is 4.09. The van der Waals surface area contributed by atoms with Crippen LogP contribution in [-0.2, 0) is 23.8 Å². The summed E-state index contributed by atoms with van der Waals surface area (Å²) in [6, 6.07) is 0. The smallest absolute Gasteiger partial charge is 0.306 e. The number of thioether (sulfide) groups is 1. The van der Waals surface area contributed by atoms with Crippen LogP contribution in [0, 0.1) is 0 Å². The van der Waals surface area contributed by atoms with E-state index in [1.807, 2.05) is 27.7 Å². The first kappa shape index (κ1) is 28.2. The van der Waals surface area contributed by atoms with Gasteiger partial charge in [0.15, 0.2) is 0 Å². The van der Waals surface area contributed by atoms with Crippen molar-refractivity contribution in [2.75, 3.05) is 13.2 Å². The van der Waals surface area contributed by atoms with Crippen molar-refractivity contribution in [3.05, 3.63) is 0 Å². The Kier molecular flexibility index (Phi) is 16.4. The van der Waals surface area contributed by atoms with Gasteiger partial charge in [0.25, 0.3) is 0 Å². The summed E-state index contributed by atoms with van der Waals surface area (Å²) in [4.78, 5) is 22.7. The highest BCUT2D eigenvalue weighted by Crippen LogP contribution is 2.26. The van der Waals surface area contributed by atoms with E-state index in [2.05, 4.69) is 0 Å². The SMILES string of the molecule is CCOC(=S)SC(CCCCCCCCCOC(C)=O)CCC(=O)OC(C)(C)C. The number of rotatable bonds is 15. The van der Waals surface area contributed by atoms with Crippen LogP contribution in [0.5, 0.6) is 0 Å². The molecule has 0 heterocycles. The first-order valence-corrected chi connectivity index (χ1v) is 12.1. The Morgan fingerprint density at radius 1 is 0.931 bits per heavy atom. The Morgan fingerprint density at radius 2 is 1.52 bits per heavy atom. The van der Waals surface area contributed by atoms with Gasteiger partial charge in [0.1, 0.15) is 5.60 Å². The Hall–Kier alpha value is -0.820. The first-order chi connectivity index (χ1) is 13.6. The minimum Gasteiger partial charge on any atom is -0.479 e. The summed E-state index contributed by atoms with van der Waals surface area (Å²) in [5.74, 6) is -0.355. The molecule has 0 aliphatic heterocycles. The van der Waals surface area contributed by atoms with Gasteiger partial charge in [-0.25, -0.2) is 0 Å². The van der Waals surface area contributed by atoms with Crippen LogP contribution in [0.4, 0.5) is 0 Å². The molecule has 0 amide bonds. The molecule has 0 aliphatic carbocycles. The standard InChI is InChI=1S/C22H40O5S2/c1-6-25-21(28)29-19(15-16-20(24)27-22(3,4)5)14-12-10-8-7-9-11-13-17-26-18(2)23/h19H,6-17H2,1-5H3. The van der Waals surface area contributed by atoms with E-state index in [0.717, 1.165) is 32.1 Å². The molecule has 170 valence electrons. The van der Waals surface area contributed by atoms with E-state index >= 15 is 0 Å². The van der Waals surface area contributed by atoms with Crippen molar-refractivity contribution in [2.45, 2.75) is 110 Å². The fraction of sp³-hybridized carbons (Fsp3) is 0.864. The van der Waals surface area contributed by atoms with Crippen molar-refractivity contribution in [1.29, 1.82) is 0 Å². The van der Waals surface area contributed by atoms with E-state index in [9.17, 15) is 9.59 Å². The number of unbranched alkanes of at least 4 members (excludes halogenated alkanes) is 6. The summed E-state index contributed by atoms with van der Waals surface area (Å²) in [7, 11) is 0. The lowest BCUT2D eigenvalue weighted by atomic mass is 10.1. The van der Waals surface area contributed by atoms with Gasteiger partial charge in [0.05, 0.1) is 13.2 Å². The molecule has 0 spiro atoms. The molecule has 1 atom stereocenters. The summed E-state index contributed by atoms with van der Waals surface area (Å²) in [6.07, 6.45) is 10.1. The minimum absolute atomic E-state index is 0.154. The lowest BCUT2D eigenvalue weighted by molar-refractivity contribution is -0.155. The zero-order chi connectivity index (χ0) is 22.1. The molecule has 0 saturated carbocycles. The van der Waals surface area contributed by atoms with Gasteiger partial charge in [-0.3, -0.25) is 9.59 Å². The monoisotopic (exact) mass is 448 g/mol. The molecule has 0 aromatic heterocycles. The molecule has 0 aromatic carbocycles. The summed E-state index contributed by atoms with van der Waals surface area (Å²) in [6.45, 7) is 10.1. The number of esters is 2. The van der Waals surface area contributed by atoms with Crippen molar-refractivity contribution < 1.29 is 23.8 Å². The number of carbonyl (C=O) groups is 2. The Bertz CT molecular complexity index is 474. The van der Waals surface area contributed by atoms with Crippen molar-refractivity contribution >= 4 is 40.3 Å². The van der Waals surface area contributed by atoms with Crippen molar-refractivity contribution in [3.63, 3.8) is 0 Å². The molecule has 7 heteroatoms. The maximum absolute atomic E-state index is 12.0. The molecule has 0 bridgehead atoms. The molecule has 29 heavy (non-hydrogen) atoms. The van der Waals surface area contributed by atoms with E-state index in [1.54, 1.807) is 11.8 Å². The predicted molar refractivity (Wildman–Crippen MR) is 124 cm³/mol. The van der Waals surface area contributed by atoms with Crippen LogP contribution in [-0.4, -0.2) is 40.4 Å². The molecule has 0 aliphatic rings. The van der Waals surface area contributed by atoms with Gasteiger partial charge < -0.3 is 14.2 Å². The first-order valence-electron chi connectivity index (χ1n) is 10.8. The highest BCUT2D eigenvalue weighted by molar-refractivity contribution is 8.23. The van der Waals surface area contributed by atoms with Crippen molar-refractivity contribution in [2.24, 2.45) is 0 Å². The topological polar surface area (TPSA) is 61.8 Å². The zero-order valence-electron chi connectivity index (χ0n) is 18.9. The average molecular weight is 449 g/mol. The molecule has 1 unspecified atom stereocenters. The number of thiocarbonyl (C=S) groups is 1. The second-order valence-electron chi connectivity index (χ2n) is 8.15. The number of hydrogen-bond acceptors (Lipinski definition) is 7. The maximum atomic E-state index is 12.0. The van der Waals surface area contributed by atoms with Gasteiger partial charge in [0.2, 0.25) is 4.38 Å². The lowest BCUT2D eigenvalue weighted by Crippen LogP contribution is -2.24. The summed E-state index contributed by atoms with van der Waals surface area (Å²) in [5, 5.41) is 0.283. The zero-order valence-corrected chi connectivity index (χ0v) is 20.6. The van der Waals surface area contributed by atoms with E-state index in [1.165, 1.54) is 32.6 Å². The molecule has 0 N–H and O–H groups in total. The second kappa shape index (κ2) is 16.9. The molecule has 0 aromatic rings. The van der Waals surface area contributed by atoms with E-state index in [-0.39, 0.29) is 17.2 Å². The average Bonchev–Trinajstić information content (AvgIpc) is 2.59. The third kappa shape index (κ3) is 20.2. The largest absolute Gasteiger partial charge is 0.479 e. The maximum Gasteiger partial charge on any atom is 0.306 e. The molecule has 0 radical (unpaired) electrons. The van der Waals surface area contributed by atoms with Crippen LogP contribution in [0.15, 0.2) is 0 Å². The van der Waals surface area contributed by atoms with Crippen LogP contribution in [0.3, 0.4) is 0 Å². The van der Waals surface area contributed by atoms with Gasteiger partial charge in [-0.15, -0.1) is 0 Å². The van der Waals surface area contributed by atoms with Crippen molar-refractivity contribution in [1.82, 2.24) is 0 Å². The second-order valence-corrected chi connectivity index (χ2v) is 10.1. The molecular weight excluding hydrogens is 408 g/mol. The highest BCUT2D eigenvalue weighted by atomic mass is 32.2.